The van der Waals surface area contributed by atoms with E-state index in [0.717, 1.165) is 6.42 Å². The number of nitrogens with one attached hydrogen (secondary N) is 1. The zero-order chi connectivity index (χ0) is 19.8. The van der Waals surface area contributed by atoms with E-state index in [1.165, 1.54) is 11.8 Å². The van der Waals surface area contributed by atoms with E-state index in [1.807, 2.05) is 36.4 Å². The summed E-state index contributed by atoms with van der Waals surface area (Å²) in [6.07, 6.45) is 2.49. The number of aryl methyl sites for hydroxylation is 1. The summed E-state index contributed by atoms with van der Waals surface area (Å²) in [5.41, 5.74) is 1.78. The normalized spacial score (nSPS) is 10.2. The van der Waals surface area contributed by atoms with Gasteiger partial charge in [0, 0.05) is 6.07 Å². The minimum absolute atomic E-state index is 0.0784. The molecule has 6 nitrogen and oxygen atoms in total. The van der Waals surface area contributed by atoms with Crippen LogP contribution < -0.4 is 19.5 Å². The first-order valence-electron chi connectivity index (χ1n) is 8.96. The highest BCUT2D eigenvalue weighted by molar-refractivity contribution is 5.91. The van der Waals surface area contributed by atoms with Crippen LogP contribution in [-0.4, -0.2) is 24.6 Å². The summed E-state index contributed by atoms with van der Waals surface area (Å²) in [5.74, 6) is 1.98. The average molecular weight is 378 g/mol. The molecule has 0 saturated carbocycles. The van der Waals surface area contributed by atoms with Crippen LogP contribution in [0.4, 0.5) is 5.69 Å². The molecule has 1 N–H and O–H groups in total. The number of carbonyl (C=O) groups is 1. The van der Waals surface area contributed by atoms with Gasteiger partial charge in [0.25, 0.3) is 5.91 Å². The number of rotatable bonds is 8. The minimum atomic E-state index is -0.264. The van der Waals surface area contributed by atoms with Crippen LogP contribution in [0.3, 0.4) is 0 Å². The molecule has 0 radical (unpaired) electrons. The molecule has 0 aliphatic rings. The lowest BCUT2D eigenvalue weighted by atomic mass is 10.2. The van der Waals surface area contributed by atoms with Crippen molar-refractivity contribution in [3.63, 3.8) is 0 Å². The number of aromatic nitrogens is 1. The van der Waals surface area contributed by atoms with Gasteiger partial charge in [0.1, 0.15) is 5.75 Å². The van der Waals surface area contributed by atoms with Crippen LogP contribution in [0.1, 0.15) is 12.5 Å². The molecule has 1 heterocycles. The second-order valence-corrected chi connectivity index (χ2v) is 5.97. The number of pyridine rings is 1. The Bertz CT molecular complexity index is 909. The lowest BCUT2D eigenvalue weighted by Crippen LogP contribution is -2.20. The van der Waals surface area contributed by atoms with Gasteiger partial charge in [-0.1, -0.05) is 31.2 Å². The molecule has 1 aromatic heterocycles. The third-order valence-corrected chi connectivity index (χ3v) is 4.01. The Kier molecular flexibility index (Phi) is 6.46. The van der Waals surface area contributed by atoms with Gasteiger partial charge in [0.15, 0.2) is 18.1 Å². The summed E-state index contributed by atoms with van der Waals surface area (Å²) in [6.45, 7) is 2.01. The van der Waals surface area contributed by atoms with E-state index >= 15 is 0 Å². The summed E-state index contributed by atoms with van der Waals surface area (Å²) in [6, 6.07) is 18.4. The predicted octanol–water partition coefficient (Wildman–Crippen LogP) is 4.46. The number of benzene rings is 2. The number of hydrogen-bond acceptors (Lipinski definition) is 5. The number of ether oxygens (including phenoxy) is 3. The third-order valence-electron chi connectivity index (χ3n) is 4.01. The fourth-order valence-corrected chi connectivity index (χ4v) is 2.50. The summed E-state index contributed by atoms with van der Waals surface area (Å²) < 4.78 is 16.5. The van der Waals surface area contributed by atoms with Gasteiger partial charge >= 0.3 is 0 Å². The lowest BCUT2D eigenvalue weighted by molar-refractivity contribution is -0.118. The van der Waals surface area contributed by atoms with Crippen molar-refractivity contribution < 1.29 is 19.0 Å². The van der Waals surface area contributed by atoms with Crippen molar-refractivity contribution in [1.82, 2.24) is 4.98 Å². The molecule has 6 heteroatoms. The number of methoxy groups -OCH3 is 1. The Labute approximate surface area is 164 Å². The second-order valence-electron chi connectivity index (χ2n) is 5.97. The first kappa shape index (κ1) is 19.2. The van der Waals surface area contributed by atoms with Crippen LogP contribution in [0.15, 0.2) is 66.9 Å². The summed E-state index contributed by atoms with van der Waals surface area (Å²) >= 11 is 0. The van der Waals surface area contributed by atoms with Crippen molar-refractivity contribution in [1.29, 1.82) is 0 Å². The summed E-state index contributed by atoms with van der Waals surface area (Å²) in [4.78, 5) is 16.3. The molecule has 0 atom stereocenters. The van der Waals surface area contributed by atoms with E-state index in [2.05, 4.69) is 17.2 Å². The van der Waals surface area contributed by atoms with Gasteiger partial charge in [-0.25, -0.2) is 4.98 Å². The number of carbonyl (C=O) groups excluding carboxylic acids is 1. The third kappa shape index (κ3) is 5.23. The maximum absolute atomic E-state index is 12.1. The summed E-state index contributed by atoms with van der Waals surface area (Å²) in [5, 5.41) is 2.74. The first-order chi connectivity index (χ1) is 13.7. The number of nitrogens with zero attached hydrogens (tertiary/aromatic N) is 1. The zero-order valence-electron chi connectivity index (χ0n) is 15.8. The van der Waals surface area contributed by atoms with E-state index < -0.39 is 0 Å². The maximum Gasteiger partial charge on any atom is 0.262 e. The number of anilines is 1. The number of hydrogen-bond donors (Lipinski definition) is 1. The van der Waals surface area contributed by atoms with Crippen LogP contribution in [-0.2, 0) is 11.2 Å². The SMILES string of the molecule is CCc1ccc(OCC(=O)Nc2ccc(Oc3ccccc3OC)nc2)cc1. The Morgan fingerprint density at radius 3 is 2.39 bits per heavy atom. The highest BCUT2D eigenvalue weighted by Crippen LogP contribution is 2.30. The topological polar surface area (TPSA) is 69.7 Å². The van der Waals surface area contributed by atoms with Gasteiger partial charge < -0.3 is 19.5 Å². The Balaban J connectivity index is 1.52. The van der Waals surface area contributed by atoms with Crippen LogP contribution in [0.25, 0.3) is 0 Å². The second kappa shape index (κ2) is 9.41. The molecule has 0 fully saturated rings. The molecule has 0 saturated heterocycles. The molecule has 1 amide bonds. The predicted molar refractivity (Wildman–Crippen MR) is 107 cm³/mol. The highest BCUT2D eigenvalue weighted by atomic mass is 16.5. The molecule has 28 heavy (non-hydrogen) atoms. The maximum atomic E-state index is 12.1. The van der Waals surface area contributed by atoms with Crippen LogP contribution in [0.2, 0.25) is 0 Å². The van der Waals surface area contributed by atoms with Gasteiger partial charge in [-0.3, -0.25) is 4.79 Å². The molecule has 0 spiro atoms. The quantitative estimate of drug-likeness (QED) is 0.627. The smallest absolute Gasteiger partial charge is 0.262 e. The van der Waals surface area contributed by atoms with Crippen molar-refractivity contribution in [3.05, 3.63) is 72.4 Å². The Hall–Kier alpha value is -3.54. The molecular formula is C22H22N2O4. The van der Waals surface area contributed by atoms with Gasteiger partial charge in [0.05, 0.1) is 19.0 Å². The molecule has 0 bridgehead atoms. The Morgan fingerprint density at radius 1 is 1.00 bits per heavy atom. The van der Waals surface area contributed by atoms with Gasteiger partial charge in [-0.2, -0.15) is 0 Å². The fourth-order valence-electron chi connectivity index (χ4n) is 2.50. The fraction of sp³-hybridized carbons (Fsp3) is 0.182. The molecule has 0 unspecified atom stereocenters. The van der Waals surface area contributed by atoms with E-state index in [9.17, 15) is 4.79 Å². The molecule has 144 valence electrons. The van der Waals surface area contributed by atoms with E-state index in [0.29, 0.717) is 28.8 Å². The largest absolute Gasteiger partial charge is 0.493 e. The standard InChI is InChI=1S/C22H22N2O4/c1-3-16-8-11-18(12-9-16)27-15-21(25)24-17-10-13-22(23-14-17)28-20-7-5-4-6-19(20)26-2/h4-14H,3,15H2,1-2H3,(H,24,25). The molecule has 0 aliphatic carbocycles. The van der Waals surface area contributed by atoms with Crippen molar-refractivity contribution in [3.8, 4) is 23.1 Å². The van der Waals surface area contributed by atoms with Crippen molar-refractivity contribution in [2.45, 2.75) is 13.3 Å². The molecular weight excluding hydrogens is 356 g/mol. The Morgan fingerprint density at radius 2 is 1.75 bits per heavy atom. The first-order valence-corrected chi connectivity index (χ1v) is 8.96. The summed E-state index contributed by atoms with van der Waals surface area (Å²) in [7, 11) is 1.58. The van der Waals surface area contributed by atoms with E-state index in [1.54, 1.807) is 31.4 Å². The van der Waals surface area contributed by atoms with Gasteiger partial charge in [0.2, 0.25) is 5.88 Å². The number of amides is 1. The minimum Gasteiger partial charge on any atom is -0.493 e. The molecule has 2 aromatic carbocycles. The lowest BCUT2D eigenvalue weighted by Gasteiger charge is -2.10. The zero-order valence-corrected chi connectivity index (χ0v) is 15.8. The van der Waals surface area contributed by atoms with E-state index in [4.69, 9.17) is 14.2 Å². The molecule has 3 rings (SSSR count). The van der Waals surface area contributed by atoms with Crippen molar-refractivity contribution >= 4 is 11.6 Å². The van der Waals surface area contributed by atoms with Crippen molar-refractivity contribution in [2.75, 3.05) is 19.0 Å². The van der Waals surface area contributed by atoms with Crippen LogP contribution >= 0.6 is 0 Å². The van der Waals surface area contributed by atoms with Gasteiger partial charge in [-0.05, 0) is 42.3 Å². The average Bonchev–Trinajstić information content (AvgIpc) is 2.74. The van der Waals surface area contributed by atoms with Crippen LogP contribution in [0, 0.1) is 0 Å². The van der Waals surface area contributed by atoms with Gasteiger partial charge in [-0.15, -0.1) is 0 Å². The number of para-hydroxylation sites is 2. The highest BCUT2D eigenvalue weighted by Gasteiger charge is 2.07. The molecule has 0 aliphatic heterocycles. The van der Waals surface area contributed by atoms with Crippen molar-refractivity contribution in [2.24, 2.45) is 0 Å². The molecule has 3 aromatic rings. The monoisotopic (exact) mass is 378 g/mol. The van der Waals surface area contributed by atoms with Crippen LogP contribution in [0.5, 0.6) is 23.1 Å². The van der Waals surface area contributed by atoms with E-state index in [-0.39, 0.29) is 12.5 Å².